The van der Waals surface area contributed by atoms with Crippen molar-refractivity contribution in [3.63, 3.8) is 0 Å². The van der Waals surface area contributed by atoms with Gasteiger partial charge in [0.2, 0.25) is 5.91 Å². The number of halogens is 1. The molecule has 0 fully saturated rings. The number of aliphatic hydroxyl groups excluding tert-OH is 1. The van der Waals surface area contributed by atoms with Crippen molar-refractivity contribution in [2.45, 2.75) is 77.6 Å². The third kappa shape index (κ3) is 11.4. The van der Waals surface area contributed by atoms with Gasteiger partial charge in [0.25, 0.3) is 11.8 Å². The van der Waals surface area contributed by atoms with Crippen LogP contribution >= 0.6 is 11.6 Å². The molecular weight excluding hydrogens is 702 g/mol. The van der Waals surface area contributed by atoms with Crippen molar-refractivity contribution in [1.29, 1.82) is 0 Å². The largest absolute Gasteiger partial charge is 0.489 e. The zero-order chi connectivity index (χ0) is 38.6. The third-order valence-electron chi connectivity index (χ3n) is 9.39. The summed E-state index contributed by atoms with van der Waals surface area (Å²) in [5.74, 6) is 0.122. The van der Waals surface area contributed by atoms with Crippen LogP contribution in [0, 0.1) is 19.8 Å². The quantitative estimate of drug-likeness (QED) is 0.0971. The van der Waals surface area contributed by atoms with Gasteiger partial charge in [0.1, 0.15) is 24.1 Å². The van der Waals surface area contributed by atoms with Gasteiger partial charge < -0.3 is 30.5 Å². The van der Waals surface area contributed by atoms with Gasteiger partial charge in [-0.15, -0.1) is 0 Å². The fourth-order valence-electron chi connectivity index (χ4n) is 6.73. The van der Waals surface area contributed by atoms with E-state index < -0.39 is 36.0 Å². The summed E-state index contributed by atoms with van der Waals surface area (Å²) in [7, 11) is 0. The second-order valence-electron chi connectivity index (χ2n) is 14.3. The Bertz CT molecular complexity index is 1900. The average molecular weight is 752 g/mol. The van der Waals surface area contributed by atoms with Gasteiger partial charge >= 0.3 is 0 Å². The van der Waals surface area contributed by atoms with E-state index in [0.29, 0.717) is 46.9 Å². The molecule has 1 aliphatic heterocycles. The normalized spacial score (nSPS) is 14.4. The van der Waals surface area contributed by atoms with E-state index >= 15 is 0 Å². The van der Waals surface area contributed by atoms with Gasteiger partial charge in [-0.05, 0) is 92.0 Å². The van der Waals surface area contributed by atoms with Crippen LogP contribution in [0.15, 0.2) is 103 Å². The molecule has 3 amide bonds. The van der Waals surface area contributed by atoms with Crippen molar-refractivity contribution in [2.75, 3.05) is 13.2 Å². The predicted octanol–water partition coefficient (Wildman–Crippen LogP) is 6.55. The minimum Gasteiger partial charge on any atom is -0.489 e. The molecule has 0 bridgehead atoms. The summed E-state index contributed by atoms with van der Waals surface area (Å²) in [6.45, 7) is 7.85. The second kappa shape index (κ2) is 19.3. The maximum Gasteiger partial charge on any atom is 0.258 e. The van der Waals surface area contributed by atoms with Gasteiger partial charge in [0, 0.05) is 22.2 Å². The predicted molar refractivity (Wildman–Crippen MR) is 212 cm³/mol. The van der Waals surface area contributed by atoms with Crippen molar-refractivity contribution >= 4 is 34.9 Å². The number of fused-ring (bicyclic) bond motifs is 1. The smallest absolute Gasteiger partial charge is 0.258 e. The summed E-state index contributed by atoms with van der Waals surface area (Å²) in [5.41, 5.74) is 4.70. The highest BCUT2D eigenvalue weighted by Crippen LogP contribution is 2.32. The Balaban J connectivity index is 1.34. The molecule has 284 valence electrons. The maximum atomic E-state index is 14.1. The van der Waals surface area contributed by atoms with Crippen molar-refractivity contribution in [2.24, 2.45) is 5.92 Å². The molecule has 1 aliphatic rings. The topological polar surface area (TPSA) is 126 Å². The van der Waals surface area contributed by atoms with Gasteiger partial charge in [-0.25, -0.2) is 0 Å². The number of hydrogen-bond acceptors (Lipinski definition) is 6. The molecule has 4 atom stereocenters. The fraction of sp³-hybridized carbons (Fsp3) is 0.341. The molecule has 1 heterocycles. The van der Waals surface area contributed by atoms with Gasteiger partial charge in [-0.1, -0.05) is 104 Å². The lowest BCUT2D eigenvalue weighted by molar-refractivity contribution is -0.128. The lowest BCUT2D eigenvalue weighted by Crippen LogP contribution is -2.54. The van der Waals surface area contributed by atoms with Gasteiger partial charge in [0.15, 0.2) is 6.61 Å². The number of rotatable bonds is 17. The van der Waals surface area contributed by atoms with E-state index in [1.54, 1.807) is 24.3 Å². The van der Waals surface area contributed by atoms with Crippen LogP contribution in [0.1, 0.15) is 54.5 Å². The first-order chi connectivity index (χ1) is 26.0. The molecule has 4 aromatic carbocycles. The van der Waals surface area contributed by atoms with Gasteiger partial charge in [-0.2, -0.15) is 0 Å². The SMILES string of the molecule is Cc1cccc(C)c1OCC(=O)N[C@@H](Cc1ccccc1)C[C@H](O)[C@H](Cc1ccccc1)NC(=O)[C@H](CC(C)C)NC(=O)C1=CCOc2ccc(Cl)cc21. The van der Waals surface area contributed by atoms with Gasteiger partial charge in [0.05, 0.1) is 12.1 Å². The highest BCUT2D eigenvalue weighted by molar-refractivity contribution is 6.31. The van der Waals surface area contributed by atoms with E-state index in [1.165, 1.54) is 0 Å². The Morgan fingerprint density at radius 2 is 1.46 bits per heavy atom. The minimum atomic E-state index is -1.06. The van der Waals surface area contributed by atoms with Crippen LogP contribution in [-0.2, 0) is 27.2 Å². The summed E-state index contributed by atoms with van der Waals surface area (Å²) in [6.07, 6.45) is 1.90. The molecule has 0 spiro atoms. The number of carbonyl (C=O) groups is 3. The molecule has 4 N–H and O–H groups in total. The molecule has 0 saturated carbocycles. The summed E-state index contributed by atoms with van der Waals surface area (Å²) >= 11 is 6.25. The van der Waals surface area contributed by atoms with E-state index in [4.69, 9.17) is 21.1 Å². The number of hydrogen-bond donors (Lipinski definition) is 4. The fourth-order valence-corrected chi connectivity index (χ4v) is 6.91. The number of benzene rings is 4. The molecule has 0 aliphatic carbocycles. The first-order valence-corrected chi connectivity index (χ1v) is 18.8. The van der Waals surface area contributed by atoms with Crippen LogP contribution in [0.4, 0.5) is 0 Å². The molecule has 5 rings (SSSR count). The minimum absolute atomic E-state index is 0.0695. The Morgan fingerprint density at radius 3 is 2.11 bits per heavy atom. The lowest BCUT2D eigenvalue weighted by Gasteiger charge is -2.30. The number of nitrogens with one attached hydrogen (secondary N) is 3. The number of ether oxygens (including phenoxy) is 2. The molecule has 0 saturated heterocycles. The van der Waals surface area contributed by atoms with Gasteiger partial charge in [-0.3, -0.25) is 14.4 Å². The lowest BCUT2D eigenvalue weighted by atomic mass is 9.93. The number of carbonyl (C=O) groups excluding carboxylic acids is 3. The first kappa shape index (κ1) is 40.1. The van der Waals surface area contributed by atoms with E-state index in [0.717, 1.165) is 22.3 Å². The van der Waals surface area contributed by atoms with Crippen molar-refractivity contribution < 1.29 is 29.0 Å². The maximum absolute atomic E-state index is 14.1. The van der Waals surface area contributed by atoms with Crippen LogP contribution in [0.5, 0.6) is 11.5 Å². The Hall–Kier alpha value is -5.12. The second-order valence-corrected chi connectivity index (χ2v) is 14.7. The molecular formula is C44H50ClN3O6. The highest BCUT2D eigenvalue weighted by Gasteiger charge is 2.31. The van der Waals surface area contributed by atoms with Crippen molar-refractivity contribution in [3.05, 3.63) is 136 Å². The van der Waals surface area contributed by atoms with E-state index in [2.05, 4.69) is 16.0 Å². The summed E-state index contributed by atoms with van der Waals surface area (Å²) in [4.78, 5) is 41.2. The Labute approximate surface area is 323 Å². The molecule has 10 heteroatoms. The summed E-state index contributed by atoms with van der Waals surface area (Å²) in [6, 6.07) is 28.1. The van der Waals surface area contributed by atoms with E-state index in [9.17, 15) is 19.5 Å². The monoisotopic (exact) mass is 751 g/mol. The number of aryl methyl sites for hydroxylation is 2. The van der Waals surface area contributed by atoms with Crippen LogP contribution in [0.2, 0.25) is 5.02 Å². The molecule has 0 aromatic heterocycles. The number of para-hydroxylation sites is 1. The van der Waals surface area contributed by atoms with Crippen molar-refractivity contribution in [3.8, 4) is 11.5 Å². The van der Waals surface area contributed by atoms with E-state index in [-0.39, 0.29) is 31.5 Å². The molecule has 9 nitrogen and oxygen atoms in total. The van der Waals surface area contributed by atoms with E-state index in [1.807, 2.05) is 107 Å². The molecule has 4 aromatic rings. The van der Waals surface area contributed by atoms with Crippen LogP contribution in [-0.4, -0.2) is 60.3 Å². The highest BCUT2D eigenvalue weighted by atomic mass is 35.5. The standard InChI is InChI=1S/C44H50ClN3O6/c1-28(2)22-38(48-43(51)35-20-21-53-40-19-18-33(45)25-36(35)40)44(52)47-37(24-32-16-9-6-10-17-32)39(49)26-34(23-31-14-7-5-8-15-31)46-41(50)27-54-42-29(3)12-11-13-30(42)4/h5-20,25,28,34,37-39,49H,21-24,26-27H2,1-4H3,(H,46,50)(H,47,52)(H,48,51)/t34-,37-,38-,39-/m0/s1. The number of amides is 3. The zero-order valence-electron chi connectivity index (χ0n) is 31.3. The van der Waals surface area contributed by atoms with Crippen molar-refractivity contribution in [1.82, 2.24) is 16.0 Å². The molecule has 54 heavy (non-hydrogen) atoms. The number of aliphatic hydroxyl groups is 1. The van der Waals surface area contributed by atoms with Crippen LogP contribution in [0.3, 0.4) is 0 Å². The zero-order valence-corrected chi connectivity index (χ0v) is 32.1. The Kier molecular flexibility index (Phi) is 14.3. The Morgan fingerprint density at radius 1 is 0.815 bits per heavy atom. The first-order valence-electron chi connectivity index (χ1n) is 18.4. The van der Waals surface area contributed by atoms with Crippen LogP contribution < -0.4 is 25.4 Å². The summed E-state index contributed by atoms with van der Waals surface area (Å²) in [5, 5.41) is 21.5. The summed E-state index contributed by atoms with van der Waals surface area (Å²) < 4.78 is 11.6. The average Bonchev–Trinajstić information content (AvgIpc) is 3.14. The van der Waals surface area contributed by atoms with Crippen LogP contribution in [0.25, 0.3) is 5.57 Å². The molecule has 0 radical (unpaired) electrons. The molecule has 0 unspecified atom stereocenters. The third-order valence-corrected chi connectivity index (χ3v) is 9.63.